The van der Waals surface area contributed by atoms with E-state index in [0.717, 1.165) is 30.4 Å². The first kappa shape index (κ1) is 19.5. The molecule has 2 unspecified atom stereocenters. The van der Waals surface area contributed by atoms with E-state index >= 15 is 0 Å². The van der Waals surface area contributed by atoms with Crippen LogP contribution in [0.1, 0.15) is 30.4 Å². The van der Waals surface area contributed by atoms with Crippen molar-refractivity contribution in [1.29, 1.82) is 0 Å². The number of nitrogens with zero attached hydrogens (tertiary/aromatic N) is 4. The van der Waals surface area contributed by atoms with Gasteiger partial charge in [-0.25, -0.2) is 4.98 Å². The number of aliphatic hydroxyl groups excluding tert-OH is 1. The van der Waals surface area contributed by atoms with E-state index in [9.17, 15) is 9.90 Å². The summed E-state index contributed by atoms with van der Waals surface area (Å²) in [5.41, 5.74) is 2.86. The van der Waals surface area contributed by atoms with Gasteiger partial charge < -0.3 is 15.0 Å². The highest BCUT2D eigenvalue weighted by Crippen LogP contribution is 2.23. The lowest BCUT2D eigenvalue weighted by Crippen LogP contribution is -2.34. The van der Waals surface area contributed by atoms with Crippen LogP contribution in [0.3, 0.4) is 0 Å². The summed E-state index contributed by atoms with van der Waals surface area (Å²) in [4.78, 5) is 22.8. The molecule has 1 aliphatic carbocycles. The highest BCUT2D eigenvalue weighted by molar-refractivity contribution is 5.71. The Bertz CT molecular complexity index is 1230. The molecule has 4 aromatic rings. The van der Waals surface area contributed by atoms with Crippen molar-refractivity contribution in [3.63, 3.8) is 0 Å². The molecule has 2 atom stereocenters. The first-order valence-electron chi connectivity index (χ1n) is 10.7. The van der Waals surface area contributed by atoms with Crippen LogP contribution in [-0.4, -0.2) is 36.4 Å². The van der Waals surface area contributed by atoms with Crippen molar-refractivity contribution >= 4 is 17.1 Å². The number of aliphatic hydroxyl groups is 1. The normalized spacial score (nSPS) is 18.5. The second-order valence-electron chi connectivity index (χ2n) is 8.09. The van der Waals surface area contributed by atoms with E-state index in [-0.39, 0.29) is 11.6 Å². The highest BCUT2D eigenvalue weighted by atomic mass is 16.3. The van der Waals surface area contributed by atoms with E-state index in [0.29, 0.717) is 30.2 Å². The number of rotatable bonds is 6. The summed E-state index contributed by atoms with van der Waals surface area (Å²) in [6, 6.07) is 19.7. The summed E-state index contributed by atoms with van der Waals surface area (Å²) in [7, 11) is 0. The standard InChI is InChI=1S/C24H25N5O2/c30-20-13-7-12-19(20)26-24-27-22-21(23(31)29(24)15-18-10-5-2-6-11-18)28(16-25-22)14-17-8-3-1-4-9-17/h1-6,8-11,16,19-20,30H,7,12-15H2,(H,26,27). The minimum Gasteiger partial charge on any atom is -0.391 e. The van der Waals surface area contributed by atoms with Crippen LogP contribution in [0, 0.1) is 0 Å². The molecular formula is C24H25N5O2. The van der Waals surface area contributed by atoms with Crippen molar-refractivity contribution in [3.8, 4) is 0 Å². The molecule has 0 spiro atoms. The maximum Gasteiger partial charge on any atom is 0.281 e. The summed E-state index contributed by atoms with van der Waals surface area (Å²) in [5.74, 6) is 0.456. The Morgan fingerprint density at radius 2 is 1.65 bits per heavy atom. The SMILES string of the molecule is O=c1c2c(ncn2Cc2ccccc2)nc(NC2CCCC2O)n1Cc1ccccc1. The molecule has 1 saturated carbocycles. The van der Waals surface area contributed by atoms with Crippen molar-refractivity contribution in [3.05, 3.63) is 88.5 Å². The molecule has 0 amide bonds. The molecule has 2 heterocycles. The summed E-state index contributed by atoms with van der Waals surface area (Å²) < 4.78 is 3.52. The third-order valence-corrected chi connectivity index (χ3v) is 5.91. The summed E-state index contributed by atoms with van der Waals surface area (Å²) in [6.45, 7) is 0.942. The smallest absolute Gasteiger partial charge is 0.281 e. The molecule has 5 rings (SSSR count). The third kappa shape index (κ3) is 3.96. The maximum absolute atomic E-state index is 13.6. The predicted molar refractivity (Wildman–Crippen MR) is 120 cm³/mol. The lowest BCUT2D eigenvalue weighted by molar-refractivity contribution is 0.171. The van der Waals surface area contributed by atoms with Crippen LogP contribution in [0.15, 0.2) is 71.8 Å². The Morgan fingerprint density at radius 3 is 2.29 bits per heavy atom. The van der Waals surface area contributed by atoms with E-state index in [4.69, 9.17) is 4.98 Å². The lowest BCUT2D eigenvalue weighted by atomic mass is 10.2. The van der Waals surface area contributed by atoms with Gasteiger partial charge in [0.2, 0.25) is 5.95 Å². The molecule has 7 heteroatoms. The van der Waals surface area contributed by atoms with Gasteiger partial charge in [-0.15, -0.1) is 0 Å². The molecule has 0 bridgehead atoms. The van der Waals surface area contributed by atoms with E-state index in [1.807, 2.05) is 65.2 Å². The van der Waals surface area contributed by atoms with Crippen LogP contribution in [0.5, 0.6) is 0 Å². The number of anilines is 1. The zero-order chi connectivity index (χ0) is 21.2. The Kier molecular flexibility index (Phi) is 5.26. The molecule has 1 aliphatic rings. The molecule has 2 N–H and O–H groups in total. The molecule has 2 aromatic heterocycles. The van der Waals surface area contributed by atoms with Gasteiger partial charge in [0, 0.05) is 6.54 Å². The van der Waals surface area contributed by atoms with Gasteiger partial charge in [-0.2, -0.15) is 4.98 Å². The van der Waals surface area contributed by atoms with Crippen molar-refractivity contribution in [2.75, 3.05) is 5.32 Å². The van der Waals surface area contributed by atoms with Gasteiger partial charge in [-0.1, -0.05) is 60.7 Å². The van der Waals surface area contributed by atoms with E-state index in [1.54, 1.807) is 10.9 Å². The molecule has 2 aromatic carbocycles. The highest BCUT2D eigenvalue weighted by Gasteiger charge is 2.27. The number of benzene rings is 2. The van der Waals surface area contributed by atoms with Gasteiger partial charge in [0.25, 0.3) is 5.56 Å². The fourth-order valence-corrected chi connectivity index (χ4v) is 4.25. The number of hydrogen-bond acceptors (Lipinski definition) is 5. The minimum atomic E-state index is -0.437. The van der Waals surface area contributed by atoms with Crippen molar-refractivity contribution in [2.24, 2.45) is 0 Å². The Hall–Kier alpha value is -3.45. The Labute approximate surface area is 180 Å². The van der Waals surface area contributed by atoms with Gasteiger partial charge in [0.15, 0.2) is 11.2 Å². The van der Waals surface area contributed by atoms with Crippen LogP contribution in [-0.2, 0) is 13.1 Å². The fourth-order valence-electron chi connectivity index (χ4n) is 4.25. The quantitative estimate of drug-likeness (QED) is 0.506. The predicted octanol–water partition coefficient (Wildman–Crippen LogP) is 3.01. The van der Waals surface area contributed by atoms with Crippen LogP contribution in [0.2, 0.25) is 0 Å². The van der Waals surface area contributed by atoms with Gasteiger partial charge in [0.05, 0.1) is 25.0 Å². The van der Waals surface area contributed by atoms with Gasteiger partial charge >= 0.3 is 0 Å². The number of hydrogen-bond donors (Lipinski definition) is 2. The van der Waals surface area contributed by atoms with Gasteiger partial charge in [-0.05, 0) is 30.4 Å². The summed E-state index contributed by atoms with van der Waals surface area (Å²) >= 11 is 0. The zero-order valence-corrected chi connectivity index (χ0v) is 17.2. The van der Waals surface area contributed by atoms with Crippen LogP contribution in [0.25, 0.3) is 11.2 Å². The minimum absolute atomic E-state index is 0.113. The Balaban J connectivity index is 1.59. The molecule has 31 heavy (non-hydrogen) atoms. The Morgan fingerprint density at radius 1 is 0.968 bits per heavy atom. The number of fused-ring (bicyclic) bond motifs is 1. The summed E-state index contributed by atoms with van der Waals surface area (Å²) in [5, 5.41) is 13.6. The maximum atomic E-state index is 13.6. The molecule has 158 valence electrons. The number of aromatic nitrogens is 4. The molecule has 7 nitrogen and oxygen atoms in total. The molecular weight excluding hydrogens is 390 g/mol. The lowest BCUT2D eigenvalue weighted by Gasteiger charge is -2.20. The molecule has 0 aliphatic heterocycles. The van der Waals surface area contributed by atoms with Crippen molar-refractivity contribution in [1.82, 2.24) is 19.1 Å². The monoisotopic (exact) mass is 415 g/mol. The third-order valence-electron chi connectivity index (χ3n) is 5.91. The molecule has 1 fully saturated rings. The average Bonchev–Trinajstić information content (AvgIpc) is 3.38. The van der Waals surface area contributed by atoms with Crippen LogP contribution < -0.4 is 10.9 Å². The summed E-state index contributed by atoms with van der Waals surface area (Å²) in [6.07, 6.45) is 3.80. The second-order valence-corrected chi connectivity index (χ2v) is 8.09. The van der Waals surface area contributed by atoms with E-state index in [1.165, 1.54) is 0 Å². The second kappa shape index (κ2) is 8.35. The van der Waals surface area contributed by atoms with Crippen molar-refractivity contribution in [2.45, 2.75) is 44.5 Å². The first-order valence-corrected chi connectivity index (χ1v) is 10.7. The van der Waals surface area contributed by atoms with E-state index < -0.39 is 6.10 Å². The topological polar surface area (TPSA) is 85.0 Å². The van der Waals surface area contributed by atoms with E-state index in [2.05, 4.69) is 10.3 Å². The number of imidazole rings is 1. The van der Waals surface area contributed by atoms with Crippen LogP contribution >= 0.6 is 0 Å². The average molecular weight is 415 g/mol. The van der Waals surface area contributed by atoms with Gasteiger partial charge in [0.1, 0.15) is 0 Å². The largest absolute Gasteiger partial charge is 0.391 e. The van der Waals surface area contributed by atoms with Crippen molar-refractivity contribution < 1.29 is 5.11 Å². The molecule has 0 saturated heterocycles. The first-order chi connectivity index (χ1) is 15.2. The molecule has 0 radical (unpaired) electrons. The fraction of sp³-hybridized carbons (Fsp3) is 0.292. The zero-order valence-electron chi connectivity index (χ0n) is 17.2. The number of nitrogens with one attached hydrogen (secondary N) is 1. The van der Waals surface area contributed by atoms with Crippen LogP contribution in [0.4, 0.5) is 5.95 Å². The van der Waals surface area contributed by atoms with Gasteiger partial charge in [-0.3, -0.25) is 9.36 Å².